The first kappa shape index (κ1) is 19.4. The monoisotopic (exact) mass is 349 g/mol. The Bertz CT molecular complexity index is 655. The summed E-state index contributed by atoms with van der Waals surface area (Å²) in [6, 6.07) is 7.73. The third-order valence-electron chi connectivity index (χ3n) is 3.06. The molecule has 24 heavy (non-hydrogen) atoms. The van der Waals surface area contributed by atoms with Gasteiger partial charge in [-0.2, -0.15) is 17.0 Å². The zero-order valence-electron chi connectivity index (χ0n) is 13.4. The SMILES string of the molecule is COc1ccccc1N/C=C(/C#N)C(=O)NC(CCSC)C(=O)O. The summed E-state index contributed by atoms with van der Waals surface area (Å²) in [6.45, 7) is 0. The van der Waals surface area contributed by atoms with E-state index in [1.807, 2.05) is 6.26 Å². The number of ether oxygens (including phenoxy) is 1. The molecule has 0 aliphatic carbocycles. The molecule has 3 N–H and O–H groups in total. The molecule has 1 aromatic carbocycles. The minimum absolute atomic E-state index is 0.226. The molecule has 1 atom stereocenters. The molecule has 0 radical (unpaired) electrons. The third-order valence-corrected chi connectivity index (χ3v) is 3.70. The summed E-state index contributed by atoms with van der Waals surface area (Å²) < 4.78 is 5.16. The predicted octanol–water partition coefficient (Wildman–Crippen LogP) is 1.84. The maximum Gasteiger partial charge on any atom is 0.326 e. The highest BCUT2D eigenvalue weighted by Crippen LogP contribution is 2.23. The minimum atomic E-state index is -1.13. The highest BCUT2D eigenvalue weighted by atomic mass is 32.2. The van der Waals surface area contributed by atoms with Crippen molar-refractivity contribution in [3.05, 3.63) is 36.0 Å². The Morgan fingerprint density at radius 1 is 1.46 bits per heavy atom. The summed E-state index contributed by atoms with van der Waals surface area (Å²) in [5.41, 5.74) is 0.356. The summed E-state index contributed by atoms with van der Waals surface area (Å²) in [4.78, 5) is 23.2. The van der Waals surface area contributed by atoms with Crippen LogP contribution in [-0.2, 0) is 9.59 Å². The van der Waals surface area contributed by atoms with Gasteiger partial charge in [-0.15, -0.1) is 0 Å². The lowest BCUT2D eigenvalue weighted by atomic mass is 10.2. The first-order valence-corrected chi connectivity index (χ1v) is 8.45. The first-order chi connectivity index (χ1) is 11.5. The fraction of sp³-hybridized carbons (Fsp3) is 0.312. The van der Waals surface area contributed by atoms with Gasteiger partial charge in [0, 0.05) is 6.20 Å². The number of methoxy groups -OCH3 is 1. The van der Waals surface area contributed by atoms with E-state index in [-0.39, 0.29) is 12.0 Å². The second-order valence-electron chi connectivity index (χ2n) is 4.66. The number of carbonyl (C=O) groups excluding carboxylic acids is 1. The molecule has 0 aromatic heterocycles. The number of aliphatic carboxylic acids is 1. The van der Waals surface area contributed by atoms with E-state index in [0.29, 0.717) is 17.2 Å². The molecule has 7 nitrogen and oxygen atoms in total. The van der Waals surface area contributed by atoms with Gasteiger partial charge in [-0.1, -0.05) is 12.1 Å². The van der Waals surface area contributed by atoms with Crippen LogP contribution in [0.2, 0.25) is 0 Å². The molecule has 0 aliphatic rings. The van der Waals surface area contributed by atoms with Gasteiger partial charge in [-0.3, -0.25) is 4.79 Å². The quantitative estimate of drug-likeness (QED) is 0.461. The second-order valence-corrected chi connectivity index (χ2v) is 5.65. The van der Waals surface area contributed by atoms with E-state index < -0.39 is 17.9 Å². The van der Waals surface area contributed by atoms with Crippen LogP contribution in [0, 0.1) is 11.3 Å². The van der Waals surface area contributed by atoms with E-state index in [9.17, 15) is 9.59 Å². The van der Waals surface area contributed by atoms with E-state index in [1.165, 1.54) is 25.1 Å². The average Bonchev–Trinajstić information content (AvgIpc) is 2.59. The standard InChI is InChI=1S/C16H19N3O4S/c1-23-14-6-4-3-5-12(14)18-10-11(9-17)15(20)19-13(16(21)22)7-8-24-2/h3-6,10,13,18H,7-8H2,1-2H3,(H,19,20)(H,21,22)/b11-10-. The Kier molecular flexibility index (Phi) is 8.22. The van der Waals surface area contributed by atoms with Gasteiger partial charge in [0.15, 0.2) is 0 Å². The number of carboxylic acid groups (broad SMARTS) is 1. The molecule has 0 spiro atoms. The van der Waals surface area contributed by atoms with Crippen molar-refractivity contribution in [1.29, 1.82) is 5.26 Å². The summed E-state index contributed by atoms with van der Waals surface area (Å²) in [6.07, 6.45) is 3.35. The number of thioether (sulfide) groups is 1. The maximum absolute atomic E-state index is 12.1. The van der Waals surface area contributed by atoms with Crippen molar-refractivity contribution in [2.45, 2.75) is 12.5 Å². The van der Waals surface area contributed by atoms with Crippen LogP contribution in [0.25, 0.3) is 0 Å². The second kappa shape index (κ2) is 10.2. The fourth-order valence-corrected chi connectivity index (χ4v) is 2.26. The predicted molar refractivity (Wildman–Crippen MR) is 92.9 cm³/mol. The van der Waals surface area contributed by atoms with E-state index in [4.69, 9.17) is 15.1 Å². The molecular weight excluding hydrogens is 330 g/mol. The summed E-state index contributed by atoms with van der Waals surface area (Å²) in [7, 11) is 1.51. The Morgan fingerprint density at radius 3 is 2.75 bits per heavy atom. The normalized spacial score (nSPS) is 12.0. The zero-order chi connectivity index (χ0) is 17.9. The molecule has 8 heteroatoms. The van der Waals surface area contributed by atoms with Gasteiger partial charge in [0.2, 0.25) is 0 Å². The number of amides is 1. The molecule has 0 heterocycles. The number of nitrogens with one attached hydrogen (secondary N) is 2. The smallest absolute Gasteiger partial charge is 0.326 e. The van der Waals surface area contributed by atoms with Crippen LogP contribution in [-0.4, -0.2) is 42.1 Å². The number of nitriles is 1. The van der Waals surface area contributed by atoms with Crippen LogP contribution in [0.15, 0.2) is 36.0 Å². The Balaban J connectivity index is 2.82. The maximum atomic E-state index is 12.1. The van der Waals surface area contributed by atoms with E-state index in [0.717, 1.165) is 0 Å². The Hall–Kier alpha value is -2.66. The molecule has 1 rings (SSSR count). The lowest BCUT2D eigenvalue weighted by molar-refractivity contribution is -0.141. The third kappa shape index (κ3) is 5.85. The van der Waals surface area contributed by atoms with Crippen LogP contribution >= 0.6 is 11.8 Å². The number of para-hydroxylation sites is 2. The van der Waals surface area contributed by atoms with Gasteiger partial charge < -0.3 is 20.5 Å². The fourth-order valence-electron chi connectivity index (χ4n) is 1.79. The molecule has 1 aromatic rings. The van der Waals surface area contributed by atoms with Gasteiger partial charge in [0.25, 0.3) is 5.91 Å². The molecule has 128 valence electrons. The van der Waals surface area contributed by atoms with Crippen molar-refractivity contribution >= 4 is 29.3 Å². The van der Waals surface area contributed by atoms with E-state index in [1.54, 1.807) is 30.3 Å². The molecule has 0 saturated carbocycles. The topological polar surface area (TPSA) is 111 Å². The number of anilines is 1. The number of carbonyl (C=O) groups is 2. The molecule has 0 bridgehead atoms. The molecule has 1 amide bonds. The summed E-state index contributed by atoms with van der Waals surface area (Å²) >= 11 is 1.48. The van der Waals surface area contributed by atoms with Crippen molar-refractivity contribution in [3.8, 4) is 11.8 Å². The van der Waals surface area contributed by atoms with Crippen molar-refractivity contribution in [2.24, 2.45) is 0 Å². The van der Waals surface area contributed by atoms with Crippen molar-refractivity contribution in [3.63, 3.8) is 0 Å². The van der Waals surface area contributed by atoms with Crippen molar-refractivity contribution < 1.29 is 19.4 Å². The highest BCUT2D eigenvalue weighted by Gasteiger charge is 2.21. The first-order valence-electron chi connectivity index (χ1n) is 7.06. The van der Waals surface area contributed by atoms with Gasteiger partial charge in [0.05, 0.1) is 12.8 Å². The minimum Gasteiger partial charge on any atom is -0.495 e. The molecule has 0 fully saturated rings. The summed E-state index contributed by atoms with van der Waals surface area (Å²) in [5, 5.41) is 23.4. The molecule has 0 aliphatic heterocycles. The zero-order valence-corrected chi connectivity index (χ0v) is 14.2. The Morgan fingerprint density at radius 2 is 2.17 bits per heavy atom. The molecule has 0 saturated heterocycles. The number of hydrogen-bond acceptors (Lipinski definition) is 6. The number of carboxylic acids is 1. The van der Waals surface area contributed by atoms with Gasteiger partial charge in [-0.25, -0.2) is 4.79 Å². The van der Waals surface area contributed by atoms with E-state index in [2.05, 4.69) is 10.6 Å². The van der Waals surface area contributed by atoms with Crippen LogP contribution in [0.4, 0.5) is 5.69 Å². The average molecular weight is 349 g/mol. The lowest BCUT2D eigenvalue weighted by Gasteiger charge is -2.13. The van der Waals surface area contributed by atoms with E-state index >= 15 is 0 Å². The van der Waals surface area contributed by atoms with Gasteiger partial charge in [0.1, 0.15) is 23.4 Å². The number of hydrogen-bond donors (Lipinski definition) is 3. The van der Waals surface area contributed by atoms with Crippen LogP contribution in [0.1, 0.15) is 6.42 Å². The number of benzene rings is 1. The van der Waals surface area contributed by atoms with Crippen LogP contribution in [0.3, 0.4) is 0 Å². The van der Waals surface area contributed by atoms with Gasteiger partial charge >= 0.3 is 5.97 Å². The Labute approximate surface area is 144 Å². The highest BCUT2D eigenvalue weighted by molar-refractivity contribution is 7.98. The van der Waals surface area contributed by atoms with Crippen molar-refractivity contribution in [1.82, 2.24) is 5.32 Å². The molecular formula is C16H19N3O4S. The van der Waals surface area contributed by atoms with Gasteiger partial charge in [-0.05, 0) is 30.6 Å². The lowest BCUT2D eigenvalue weighted by Crippen LogP contribution is -2.41. The molecule has 1 unspecified atom stereocenters. The van der Waals surface area contributed by atoms with Crippen LogP contribution < -0.4 is 15.4 Å². The largest absolute Gasteiger partial charge is 0.495 e. The van der Waals surface area contributed by atoms with Crippen LogP contribution in [0.5, 0.6) is 5.75 Å². The summed E-state index contributed by atoms with van der Waals surface area (Å²) in [5.74, 6) is -0.738. The number of rotatable bonds is 9. The number of nitrogens with zero attached hydrogens (tertiary/aromatic N) is 1. The van der Waals surface area contributed by atoms with Crippen molar-refractivity contribution in [2.75, 3.05) is 24.4 Å².